The Hall–Kier alpha value is -2.07. The van der Waals surface area contributed by atoms with Crippen molar-refractivity contribution in [3.05, 3.63) is 47.5 Å². The Kier molecular flexibility index (Phi) is 4.16. The Labute approximate surface area is 126 Å². The van der Waals surface area contributed by atoms with Gasteiger partial charge >= 0.3 is 6.18 Å². The monoisotopic (exact) mass is 326 g/mol. The fourth-order valence-corrected chi connectivity index (χ4v) is 2.26. The van der Waals surface area contributed by atoms with Crippen LogP contribution in [0.15, 0.2) is 30.5 Å². The van der Waals surface area contributed by atoms with Crippen LogP contribution in [-0.2, 0) is 6.18 Å². The molecule has 0 aliphatic rings. The highest BCUT2D eigenvalue weighted by Gasteiger charge is 2.38. The number of benzene rings is 1. The lowest BCUT2D eigenvalue weighted by molar-refractivity contribution is -0.143. The number of rotatable bonds is 1. The van der Waals surface area contributed by atoms with Gasteiger partial charge in [-0.1, -0.05) is 25.6 Å². The van der Waals surface area contributed by atoms with Gasteiger partial charge in [0.05, 0.1) is 17.4 Å². The number of hydrogen-bond acceptors (Lipinski definition) is 1. The zero-order valence-corrected chi connectivity index (χ0v) is 13.3. The van der Waals surface area contributed by atoms with Gasteiger partial charge in [-0.3, -0.25) is 0 Å². The molecule has 0 saturated heterocycles. The van der Waals surface area contributed by atoms with E-state index in [1.807, 2.05) is 19.6 Å². The van der Waals surface area contributed by atoms with Crippen molar-refractivity contribution in [2.45, 2.75) is 25.8 Å². The third kappa shape index (κ3) is 3.77. The molecule has 1 heterocycles. The lowest BCUT2D eigenvalue weighted by Gasteiger charge is -2.11. The van der Waals surface area contributed by atoms with E-state index in [1.54, 1.807) is 0 Å². The van der Waals surface area contributed by atoms with Gasteiger partial charge in [0.25, 0.3) is 0 Å². The maximum Gasteiger partial charge on any atom is 0.434 e. The Balaban J connectivity index is 2.59. The minimum atomic E-state index is -4.60. The standard InChI is InChI=1S/C15H14F4N2Si/c1-22(2,3)9-8-11-10-20-21(14(11)15(17,18)19)13-6-4-12(16)5-7-13/h4-7,10H,1-3H3. The van der Waals surface area contributed by atoms with Gasteiger partial charge < -0.3 is 0 Å². The summed E-state index contributed by atoms with van der Waals surface area (Å²) in [4.78, 5) is 0. The summed E-state index contributed by atoms with van der Waals surface area (Å²) < 4.78 is 53.7. The van der Waals surface area contributed by atoms with Crippen LogP contribution in [0.3, 0.4) is 0 Å². The first-order valence-corrected chi connectivity index (χ1v) is 10.0. The van der Waals surface area contributed by atoms with Crippen LogP contribution in [-0.4, -0.2) is 17.9 Å². The molecule has 7 heteroatoms. The van der Waals surface area contributed by atoms with E-state index in [0.29, 0.717) is 0 Å². The summed E-state index contributed by atoms with van der Waals surface area (Å²) in [5, 5.41) is 3.77. The van der Waals surface area contributed by atoms with Crippen LogP contribution in [0.2, 0.25) is 19.6 Å². The molecule has 0 radical (unpaired) electrons. The molecule has 0 spiro atoms. The molecule has 0 unspecified atom stereocenters. The largest absolute Gasteiger partial charge is 0.434 e. The SMILES string of the molecule is C[Si](C)(C)C#Cc1cnn(-c2ccc(F)cc2)c1C(F)(F)F. The highest BCUT2D eigenvalue weighted by Crippen LogP contribution is 2.33. The highest BCUT2D eigenvalue weighted by atomic mass is 28.3. The van der Waals surface area contributed by atoms with Crippen molar-refractivity contribution in [1.82, 2.24) is 9.78 Å². The summed E-state index contributed by atoms with van der Waals surface area (Å²) in [5.41, 5.74) is 1.93. The molecular weight excluding hydrogens is 312 g/mol. The number of halogens is 4. The molecule has 0 aliphatic carbocycles. The Morgan fingerprint density at radius 1 is 1.09 bits per heavy atom. The summed E-state index contributed by atoms with van der Waals surface area (Å²) in [6.07, 6.45) is -3.51. The topological polar surface area (TPSA) is 17.8 Å². The molecule has 2 aromatic rings. The van der Waals surface area contributed by atoms with Crippen LogP contribution < -0.4 is 0 Å². The Bertz CT molecular complexity index is 728. The zero-order chi connectivity index (χ0) is 16.5. The summed E-state index contributed by atoms with van der Waals surface area (Å²) in [7, 11) is -1.81. The predicted molar refractivity (Wildman–Crippen MR) is 78.7 cm³/mol. The lowest BCUT2D eigenvalue weighted by Crippen LogP contribution is -2.17. The van der Waals surface area contributed by atoms with Crippen molar-refractivity contribution in [1.29, 1.82) is 0 Å². The predicted octanol–water partition coefficient (Wildman–Crippen LogP) is 4.26. The minimum absolute atomic E-state index is 0.134. The van der Waals surface area contributed by atoms with E-state index in [0.717, 1.165) is 23.0 Å². The first-order valence-electron chi connectivity index (χ1n) is 6.52. The molecule has 2 nitrogen and oxygen atoms in total. The van der Waals surface area contributed by atoms with Gasteiger partial charge in [-0.15, -0.1) is 5.54 Å². The van der Waals surface area contributed by atoms with Gasteiger partial charge in [0.15, 0.2) is 5.69 Å². The average Bonchev–Trinajstić information content (AvgIpc) is 2.80. The first-order chi connectivity index (χ1) is 10.1. The normalized spacial score (nSPS) is 12.0. The van der Waals surface area contributed by atoms with Crippen LogP contribution in [0.1, 0.15) is 11.3 Å². The number of nitrogens with zero attached hydrogens (tertiary/aromatic N) is 2. The van der Waals surface area contributed by atoms with Crippen molar-refractivity contribution in [2.24, 2.45) is 0 Å². The number of alkyl halides is 3. The molecule has 22 heavy (non-hydrogen) atoms. The van der Waals surface area contributed by atoms with Gasteiger partial charge in [-0.2, -0.15) is 18.3 Å². The molecular formula is C15H14F4N2Si. The Morgan fingerprint density at radius 2 is 1.68 bits per heavy atom. The molecule has 2 rings (SSSR count). The van der Waals surface area contributed by atoms with Gasteiger partial charge in [0.2, 0.25) is 0 Å². The smallest absolute Gasteiger partial charge is 0.227 e. The summed E-state index contributed by atoms with van der Waals surface area (Å²) in [6.45, 7) is 5.83. The summed E-state index contributed by atoms with van der Waals surface area (Å²) in [5.74, 6) is 2.07. The lowest BCUT2D eigenvalue weighted by atomic mass is 10.2. The maximum atomic E-state index is 13.3. The third-order valence-electron chi connectivity index (χ3n) is 2.68. The highest BCUT2D eigenvalue weighted by molar-refractivity contribution is 6.83. The van der Waals surface area contributed by atoms with Crippen LogP contribution in [0.5, 0.6) is 0 Å². The van der Waals surface area contributed by atoms with Crippen molar-refractivity contribution >= 4 is 8.07 Å². The van der Waals surface area contributed by atoms with Crippen LogP contribution >= 0.6 is 0 Å². The molecule has 0 bridgehead atoms. The third-order valence-corrected chi connectivity index (χ3v) is 3.56. The first kappa shape index (κ1) is 16.3. The zero-order valence-electron chi connectivity index (χ0n) is 12.3. The van der Waals surface area contributed by atoms with E-state index in [1.165, 1.54) is 12.1 Å². The van der Waals surface area contributed by atoms with Crippen LogP contribution in [0.25, 0.3) is 5.69 Å². The molecule has 0 N–H and O–H groups in total. The van der Waals surface area contributed by atoms with Crippen molar-refractivity contribution < 1.29 is 17.6 Å². The van der Waals surface area contributed by atoms with E-state index in [-0.39, 0.29) is 11.3 Å². The number of aromatic nitrogens is 2. The van der Waals surface area contributed by atoms with Gasteiger partial charge in [0.1, 0.15) is 13.9 Å². The second kappa shape index (κ2) is 5.61. The second-order valence-electron chi connectivity index (χ2n) is 5.79. The van der Waals surface area contributed by atoms with Crippen LogP contribution in [0, 0.1) is 17.3 Å². The average molecular weight is 326 g/mol. The second-order valence-corrected chi connectivity index (χ2v) is 10.5. The molecule has 1 aromatic carbocycles. The maximum absolute atomic E-state index is 13.3. The van der Waals surface area contributed by atoms with Crippen molar-refractivity contribution in [3.8, 4) is 17.2 Å². The molecule has 0 atom stereocenters. The minimum Gasteiger partial charge on any atom is -0.227 e. The molecule has 116 valence electrons. The quantitative estimate of drug-likeness (QED) is 0.435. The van der Waals surface area contributed by atoms with E-state index < -0.39 is 25.8 Å². The molecule has 0 amide bonds. The molecule has 0 aliphatic heterocycles. The van der Waals surface area contributed by atoms with Crippen molar-refractivity contribution in [3.63, 3.8) is 0 Å². The van der Waals surface area contributed by atoms with Gasteiger partial charge in [-0.25, -0.2) is 9.07 Å². The van der Waals surface area contributed by atoms with Crippen LogP contribution in [0.4, 0.5) is 17.6 Å². The molecule has 0 fully saturated rings. The van der Waals surface area contributed by atoms with E-state index in [4.69, 9.17) is 0 Å². The van der Waals surface area contributed by atoms with E-state index >= 15 is 0 Å². The van der Waals surface area contributed by atoms with Gasteiger partial charge in [-0.05, 0) is 24.3 Å². The van der Waals surface area contributed by atoms with E-state index in [2.05, 4.69) is 16.6 Å². The molecule has 0 saturated carbocycles. The number of hydrogen-bond donors (Lipinski definition) is 0. The van der Waals surface area contributed by atoms with E-state index in [9.17, 15) is 17.6 Å². The van der Waals surface area contributed by atoms with Gasteiger partial charge in [0, 0.05) is 0 Å². The summed E-state index contributed by atoms with van der Waals surface area (Å²) >= 11 is 0. The fourth-order valence-electron chi connectivity index (χ4n) is 1.75. The molecule has 1 aromatic heterocycles. The van der Waals surface area contributed by atoms with Crippen molar-refractivity contribution in [2.75, 3.05) is 0 Å². The summed E-state index contributed by atoms with van der Waals surface area (Å²) in [6, 6.07) is 4.66. The Morgan fingerprint density at radius 3 is 2.18 bits per heavy atom. The fraction of sp³-hybridized carbons (Fsp3) is 0.267.